The zero-order valence-electron chi connectivity index (χ0n) is 10.4. The largest absolute Gasteiger partial charge is 0.508 e. The van der Waals surface area contributed by atoms with Gasteiger partial charge in [0.15, 0.2) is 0 Å². The number of hydrogen-bond acceptors (Lipinski definition) is 3. The fourth-order valence-corrected chi connectivity index (χ4v) is 1.43. The Morgan fingerprint density at radius 2 is 1.89 bits per heavy atom. The van der Waals surface area contributed by atoms with Gasteiger partial charge in [-0.25, -0.2) is 4.79 Å². The second-order valence-electron chi connectivity index (χ2n) is 4.61. The molecule has 0 atom stereocenters. The maximum absolute atomic E-state index is 11.6. The van der Waals surface area contributed by atoms with Gasteiger partial charge in [0.25, 0.3) is 0 Å². The number of para-hydroxylation sites is 1. The number of phenols is 1. The number of benzene rings is 1. The molecule has 1 aromatic carbocycles. The number of aromatic hydroxyl groups is 1. The smallest absolute Gasteiger partial charge is 0.328 e. The monoisotopic (exact) mass is 251 g/mol. The van der Waals surface area contributed by atoms with Crippen LogP contribution in [0.1, 0.15) is 25.8 Å². The van der Waals surface area contributed by atoms with Crippen LogP contribution in [0.5, 0.6) is 5.75 Å². The van der Waals surface area contributed by atoms with Gasteiger partial charge in [-0.2, -0.15) is 0 Å². The van der Waals surface area contributed by atoms with E-state index in [4.69, 9.17) is 5.11 Å². The van der Waals surface area contributed by atoms with E-state index in [1.165, 1.54) is 13.8 Å². The van der Waals surface area contributed by atoms with Crippen molar-refractivity contribution < 1.29 is 19.8 Å². The summed E-state index contributed by atoms with van der Waals surface area (Å²) in [5.74, 6) is -1.30. The Balaban J connectivity index is 2.53. The fraction of sp³-hybridized carbons (Fsp3) is 0.385. The van der Waals surface area contributed by atoms with Gasteiger partial charge in [0, 0.05) is 6.42 Å². The van der Waals surface area contributed by atoms with E-state index in [0.29, 0.717) is 12.0 Å². The van der Waals surface area contributed by atoms with Crippen LogP contribution in [0.2, 0.25) is 0 Å². The number of aliphatic carboxylic acids is 1. The first-order chi connectivity index (χ1) is 8.33. The van der Waals surface area contributed by atoms with Gasteiger partial charge in [-0.1, -0.05) is 18.2 Å². The molecule has 0 unspecified atom stereocenters. The van der Waals surface area contributed by atoms with Crippen molar-refractivity contribution >= 4 is 11.9 Å². The first-order valence-corrected chi connectivity index (χ1v) is 5.64. The number of hydrogen-bond donors (Lipinski definition) is 3. The van der Waals surface area contributed by atoms with Crippen molar-refractivity contribution in [3.8, 4) is 5.75 Å². The third kappa shape index (κ3) is 3.76. The number of carbonyl (C=O) groups is 2. The SMILES string of the molecule is CC(C)(NC(=O)CCc1ccccc1O)C(=O)O. The number of carbonyl (C=O) groups excluding carboxylic acids is 1. The Morgan fingerprint density at radius 3 is 2.44 bits per heavy atom. The predicted molar refractivity (Wildman–Crippen MR) is 66.3 cm³/mol. The average molecular weight is 251 g/mol. The summed E-state index contributed by atoms with van der Waals surface area (Å²) in [5, 5.41) is 20.8. The number of aryl methyl sites for hydroxylation is 1. The van der Waals surface area contributed by atoms with Gasteiger partial charge in [0.2, 0.25) is 5.91 Å². The minimum atomic E-state index is -1.28. The Hall–Kier alpha value is -2.04. The van der Waals surface area contributed by atoms with E-state index in [1.54, 1.807) is 24.3 Å². The van der Waals surface area contributed by atoms with Crippen LogP contribution < -0.4 is 5.32 Å². The van der Waals surface area contributed by atoms with Crippen molar-refractivity contribution in [1.29, 1.82) is 0 Å². The van der Waals surface area contributed by atoms with Crippen molar-refractivity contribution in [2.75, 3.05) is 0 Å². The zero-order valence-corrected chi connectivity index (χ0v) is 10.4. The van der Waals surface area contributed by atoms with Crippen LogP contribution in [0.3, 0.4) is 0 Å². The highest BCUT2D eigenvalue weighted by Gasteiger charge is 2.28. The highest BCUT2D eigenvalue weighted by molar-refractivity contribution is 5.86. The quantitative estimate of drug-likeness (QED) is 0.736. The van der Waals surface area contributed by atoms with E-state index in [-0.39, 0.29) is 18.1 Å². The topological polar surface area (TPSA) is 86.6 Å². The maximum Gasteiger partial charge on any atom is 0.328 e. The summed E-state index contributed by atoms with van der Waals surface area (Å²) >= 11 is 0. The third-order valence-electron chi connectivity index (χ3n) is 2.60. The molecule has 5 heteroatoms. The molecular formula is C13H17NO4. The number of carboxylic acid groups (broad SMARTS) is 1. The van der Waals surface area contributed by atoms with Gasteiger partial charge in [-0.15, -0.1) is 0 Å². The molecule has 0 aromatic heterocycles. The van der Waals surface area contributed by atoms with Crippen LogP contribution >= 0.6 is 0 Å². The first kappa shape index (κ1) is 14.0. The van der Waals surface area contributed by atoms with E-state index in [9.17, 15) is 14.7 Å². The van der Waals surface area contributed by atoms with Crippen molar-refractivity contribution in [2.45, 2.75) is 32.2 Å². The van der Waals surface area contributed by atoms with Crippen molar-refractivity contribution in [3.63, 3.8) is 0 Å². The normalized spacial score (nSPS) is 11.0. The Bertz CT molecular complexity index is 454. The van der Waals surface area contributed by atoms with E-state index in [2.05, 4.69) is 5.32 Å². The highest BCUT2D eigenvalue weighted by Crippen LogP contribution is 2.17. The molecule has 0 saturated carbocycles. The summed E-state index contributed by atoms with van der Waals surface area (Å²) < 4.78 is 0. The van der Waals surface area contributed by atoms with Gasteiger partial charge in [-0.05, 0) is 31.9 Å². The van der Waals surface area contributed by atoms with E-state index in [1.807, 2.05) is 0 Å². The van der Waals surface area contributed by atoms with Gasteiger partial charge in [-0.3, -0.25) is 4.79 Å². The molecule has 3 N–H and O–H groups in total. The molecular weight excluding hydrogens is 234 g/mol. The van der Waals surface area contributed by atoms with Crippen LogP contribution in [-0.2, 0) is 16.0 Å². The second-order valence-corrected chi connectivity index (χ2v) is 4.61. The molecule has 0 bridgehead atoms. The number of phenolic OH excluding ortho intramolecular Hbond substituents is 1. The average Bonchev–Trinajstić information content (AvgIpc) is 2.27. The summed E-state index contributed by atoms with van der Waals surface area (Å²) in [6, 6.07) is 6.75. The molecule has 0 aliphatic rings. The molecule has 0 radical (unpaired) electrons. The lowest BCUT2D eigenvalue weighted by atomic mass is 10.0. The Morgan fingerprint density at radius 1 is 1.28 bits per heavy atom. The lowest BCUT2D eigenvalue weighted by molar-refractivity contribution is -0.146. The van der Waals surface area contributed by atoms with Gasteiger partial charge in [0.05, 0.1) is 0 Å². The summed E-state index contributed by atoms with van der Waals surface area (Å²) in [7, 11) is 0. The van der Waals surface area contributed by atoms with Gasteiger partial charge >= 0.3 is 5.97 Å². The summed E-state index contributed by atoms with van der Waals surface area (Å²) in [5.41, 5.74) is -0.615. The summed E-state index contributed by atoms with van der Waals surface area (Å²) in [4.78, 5) is 22.4. The first-order valence-electron chi connectivity index (χ1n) is 5.64. The van der Waals surface area contributed by atoms with Crippen LogP contribution in [0, 0.1) is 0 Å². The van der Waals surface area contributed by atoms with Gasteiger partial charge < -0.3 is 15.5 Å². The molecule has 1 aromatic rings. The molecule has 18 heavy (non-hydrogen) atoms. The Kier molecular flexibility index (Phi) is 4.31. The van der Waals surface area contributed by atoms with E-state index in [0.717, 1.165) is 0 Å². The number of amides is 1. The van der Waals surface area contributed by atoms with Crippen molar-refractivity contribution in [2.24, 2.45) is 0 Å². The summed E-state index contributed by atoms with van der Waals surface area (Å²) in [6.45, 7) is 2.85. The molecule has 0 spiro atoms. The number of carboxylic acids is 1. The van der Waals surface area contributed by atoms with Crippen LogP contribution in [0.4, 0.5) is 0 Å². The lowest BCUT2D eigenvalue weighted by Crippen LogP contribution is -2.49. The summed E-state index contributed by atoms with van der Waals surface area (Å²) in [6.07, 6.45) is 0.502. The molecule has 98 valence electrons. The molecule has 1 rings (SSSR count). The minimum absolute atomic E-state index is 0.133. The molecule has 0 heterocycles. The molecule has 1 amide bonds. The second kappa shape index (κ2) is 5.53. The van der Waals surface area contributed by atoms with Crippen molar-refractivity contribution in [1.82, 2.24) is 5.32 Å². The third-order valence-corrected chi connectivity index (χ3v) is 2.60. The van der Waals surface area contributed by atoms with Crippen LogP contribution in [0.15, 0.2) is 24.3 Å². The maximum atomic E-state index is 11.6. The minimum Gasteiger partial charge on any atom is -0.508 e. The Labute approximate surface area is 105 Å². The predicted octanol–water partition coefficient (Wildman–Crippen LogP) is 1.30. The molecule has 0 aliphatic heterocycles. The number of nitrogens with one attached hydrogen (secondary N) is 1. The highest BCUT2D eigenvalue weighted by atomic mass is 16.4. The molecule has 0 saturated heterocycles. The fourth-order valence-electron chi connectivity index (χ4n) is 1.43. The molecule has 5 nitrogen and oxygen atoms in total. The molecule has 0 aliphatic carbocycles. The van der Waals surface area contributed by atoms with Gasteiger partial charge in [0.1, 0.15) is 11.3 Å². The van der Waals surface area contributed by atoms with E-state index >= 15 is 0 Å². The van der Waals surface area contributed by atoms with Crippen molar-refractivity contribution in [3.05, 3.63) is 29.8 Å². The zero-order chi connectivity index (χ0) is 13.8. The van der Waals surface area contributed by atoms with Crippen LogP contribution in [-0.4, -0.2) is 27.6 Å². The molecule has 0 fully saturated rings. The van der Waals surface area contributed by atoms with Crippen LogP contribution in [0.25, 0.3) is 0 Å². The number of rotatable bonds is 5. The lowest BCUT2D eigenvalue weighted by Gasteiger charge is -2.20. The van der Waals surface area contributed by atoms with E-state index < -0.39 is 11.5 Å². The standard InChI is InChI=1S/C13H17NO4/c1-13(2,12(17)18)14-11(16)8-7-9-5-3-4-6-10(9)15/h3-6,15H,7-8H2,1-2H3,(H,14,16)(H,17,18).